The summed E-state index contributed by atoms with van der Waals surface area (Å²) in [6, 6.07) is 9.47. The van der Waals surface area contributed by atoms with Crippen LogP contribution in [0.4, 0.5) is 8.78 Å². The molecule has 2 N–H and O–H groups in total. The molecule has 0 radical (unpaired) electrons. The van der Waals surface area contributed by atoms with Gasteiger partial charge in [-0.3, -0.25) is 4.79 Å². The summed E-state index contributed by atoms with van der Waals surface area (Å²) in [6.45, 7) is -0.0834. The van der Waals surface area contributed by atoms with Gasteiger partial charge in [0.15, 0.2) is 11.6 Å². The number of nitrogens with two attached hydrogens (primary N) is 1. The van der Waals surface area contributed by atoms with Crippen molar-refractivity contribution in [3.63, 3.8) is 0 Å². The number of thiazole rings is 2. The zero-order chi connectivity index (χ0) is 22.0. The first-order valence-corrected chi connectivity index (χ1v) is 10.6. The summed E-state index contributed by atoms with van der Waals surface area (Å²) in [5.74, 6) is -2.95. The van der Waals surface area contributed by atoms with Crippen LogP contribution in [0.2, 0.25) is 0 Å². The number of primary amides is 1. The third kappa shape index (κ3) is 4.25. The smallest absolute Gasteiger partial charge is 0.254 e. The van der Waals surface area contributed by atoms with Crippen LogP contribution in [0.15, 0.2) is 48.0 Å². The highest BCUT2D eigenvalue weighted by Gasteiger charge is 2.21. The first-order valence-electron chi connectivity index (χ1n) is 8.92. The van der Waals surface area contributed by atoms with Crippen LogP contribution in [-0.2, 0) is 6.61 Å². The van der Waals surface area contributed by atoms with Crippen molar-refractivity contribution in [2.75, 3.05) is 7.11 Å². The molecule has 1 amide bonds. The first kappa shape index (κ1) is 20.9. The molecule has 2 heterocycles. The van der Waals surface area contributed by atoms with Crippen LogP contribution in [0, 0.1) is 11.6 Å². The Kier molecular flexibility index (Phi) is 5.92. The fourth-order valence-corrected chi connectivity index (χ4v) is 4.60. The van der Waals surface area contributed by atoms with Crippen molar-refractivity contribution in [2.45, 2.75) is 6.61 Å². The summed E-state index contributed by atoms with van der Waals surface area (Å²) < 4.78 is 38.8. The molecule has 0 spiro atoms. The fourth-order valence-electron chi connectivity index (χ4n) is 2.86. The fraction of sp³-hybridized carbons (Fsp3) is 0.0952. The van der Waals surface area contributed by atoms with Crippen molar-refractivity contribution in [1.82, 2.24) is 9.97 Å². The molecule has 0 unspecified atom stereocenters. The molecule has 158 valence electrons. The van der Waals surface area contributed by atoms with Gasteiger partial charge >= 0.3 is 0 Å². The lowest BCUT2D eigenvalue weighted by atomic mass is 10.1. The van der Waals surface area contributed by atoms with E-state index in [1.54, 1.807) is 13.3 Å². The Morgan fingerprint density at radius 2 is 1.94 bits per heavy atom. The Bertz CT molecular complexity index is 1230. The highest BCUT2D eigenvalue weighted by Crippen LogP contribution is 2.38. The SMILES string of the molecule is COc1ccc(-c2nc(COc3ccc(F)c(C(N)=O)c3F)sc2-c2nccs2)cc1. The molecule has 6 nitrogen and oxygen atoms in total. The van der Waals surface area contributed by atoms with Gasteiger partial charge in [-0.15, -0.1) is 22.7 Å². The van der Waals surface area contributed by atoms with E-state index < -0.39 is 23.1 Å². The number of methoxy groups -OCH3 is 1. The van der Waals surface area contributed by atoms with Crippen LogP contribution in [0.1, 0.15) is 15.4 Å². The maximum Gasteiger partial charge on any atom is 0.254 e. The number of amides is 1. The Labute approximate surface area is 183 Å². The Morgan fingerprint density at radius 1 is 1.16 bits per heavy atom. The topological polar surface area (TPSA) is 87.3 Å². The highest BCUT2D eigenvalue weighted by atomic mass is 32.1. The van der Waals surface area contributed by atoms with E-state index in [1.165, 1.54) is 22.7 Å². The molecule has 4 aromatic rings. The summed E-state index contributed by atoms with van der Waals surface area (Å²) in [7, 11) is 1.59. The summed E-state index contributed by atoms with van der Waals surface area (Å²) in [4.78, 5) is 21.2. The number of hydrogen-bond acceptors (Lipinski definition) is 7. The predicted molar refractivity (Wildman–Crippen MR) is 114 cm³/mol. The van der Waals surface area contributed by atoms with Gasteiger partial charge in [0, 0.05) is 17.1 Å². The van der Waals surface area contributed by atoms with Crippen molar-refractivity contribution in [2.24, 2.45) is 5.73 Å². The minimum Gasteiger partial charge on any atom is -0.497 e. The average Bonchev–Trinajstić information content (AvgIpc) is 3.43. The predicted octanol–water partition coefficient (Wildman–Crippen LogP) is 4.90. The molecule has 2 aromatic heterocycles. The Balaban J connectivity index is 1.66. The first-order chi connectivity index (χ1) is 15.0. The van der Waals surface area contributed by atoms with Gasteiger partial charge < -0.3 is 15.2 Å². The van der Waals surface area contributed by atoms with Gasteiger partial charge in [0.25, 0.3) is 5.91 Å². The molecule has 0 aliphatic carbocycles. The molecule has 0 aliphatic heterocycles. The lowest BCUT2D eigenvalue weighted by molar-refractivity contribution is 0.0991. The molecule has 31 heavy (non-hydrogen) atoms. The van der Waals surface area contributed by atoms with Gasteiger partial charge in [-0.1, -0.05) is 0 Å². The summed E-state index contributed by atoms with van der Waals surface area (Å²) >= 11 is 2.82. The molecule has 0 saturated heterocycles. The van der Waals surface area contributed by atoms with Gasteiger partial charge in [-0.2, -0.15) is 0 Å². The molecule has 10 heteroatoms. The van der Waals surface area contributed by atoms with E-state index >= 15 is 0 Å². The van der Waals surface area contributed by atoms with Crippen LogP contribution >= 0.6 is 22.7 Å². The molecule has 0 bridgehead atoms. The van der Waals surface area contributed by atoms with Crippen LogP contribution < -0.4 is 15.2 Å². The van der Waals surface area contributed by atoms with E-state index in [-0.39, 0.29) is 12.4 Å². The van der Waals surface area contributed by atoms with E-state index in [4.69, 9.17) is 15.2 Å². The van der Waals surface area contributed by atoms with Crippen molar-refractivity contribution in [3.05, 3.63) is 70.2 Å². The third-order valence-corrected chi connectivity index (χ3v) is 6.27. The van der Waals surface area contributed by atoms with Crippen molar-refractivity contribution in [3.8, 4) is 32.6 Å². The third-order valence-electron chi connectivity index (χ3n) is 4.31. The molecule has 0 fully saturated rings. The van der Waals surface area contributed by atoms with Crippen LogP contribution in [0.25, 0.3) is 21.1 Å². The average molecular weight is 459 g/mol. The van der Waals surface area contributed by atoms with E-state index in [2.05, 4.69) is 9.97 Å². The van der Waals surface area contributed by atoms with Crippen LogP contribution in [0.5, 0.6) is 11.5 Å². The number of hydrogen-bond donors (Lipinski definition) is 1. The number of rotatable bonds is 7. The number of carbonyl (C=O) groups is 1. The number of aromatic nitrogens is 2. The number of nitrogens with zero attached hydrogens (tertiary/aromatic N) is 2. The van der Waals surface area contributed by atoms with Crippen LogP contribution in [0.3, 0.4) is 0 Å². The van der Waals surface area contributed by atoms with Crippen molar-refractivity contribution in [1.29, 1.82) is 0 Å². The maximum absolute atomic E-state index is 14.4. The standard InChI is InChI=1S/C21H15F2N3O3S2/c1-28-12-4-2-11(3-5-12)18-19(21-25-8-9-30-21)31-15(26-18)10-29-14-7-6-13(22)16(17(14)23)20(24)27/h2-9H,10H2,1H3,(H2,24,27). The Morgan fingerprint density at radius 3 is 2.58 bits per heavy atom. The molecule has 0 saturated carbocycles. The number of carbonyl (C=O) groups excluding carboxylic acids is 1. The van der Waals surface area contributed by atoms with Gasteiger partial charge in [-0.05, 0) is 36.4 Å². The highest BCUT2D eigenvalue weighted by molar-refractivity contribution is 7.21. The normalized spacial score (nSPS) is 10.8. The second-order valence-corrected chi connectivity index (χ2v) is 8.22. The van der Waals surface area contributed by atoms with E-state index in [9.17, 15) is 13.6 Å². The van der Waals surface area contributed by atoms with Gasteiger partial charge in [0.2, 0.25) is 0 Å². The molecule has 0 aliphatic rings. The quantitative estimate of drug-likeness (QED) is 0.425. The molecular weight excluding hydrogens is 444 g/mol. The van der Waals surface area contributed by atoms with Crippen molar-refractivity contribution < 1.29 is 23.0 Å². The minimum atomic E-state index is -1.21. The minimum absolute atomic E-state index is 0.0834. The summed E-state index contributed by atoms with van der Waals surface area (Å²) in [5.41, 5.74) is 5.79. The molecular formula is C21H15F2N3O3S2. The van der Waals surface area contributed by atoms with E-state index in [0.717, 1.165) is 33.3 Å². The van der Waals surface area contributed by atoms with Gasteiger partial charge in [0.1, 0.15) is 33.8 Å². The van der Waals surface area contributed by atoms with Crippen LogP contribution in [-0.4, -0.2) is 23.0 Å². The lowest BCUT2D eigenvalue weighted by Crippen LogP contribution is -2.16. The summed E-state index contributed by atoms with van der Waals surface area (Å²) in [6.07, 6.45) is 1.70. The second-order valence-electron chi connectivity index (χ2n) is 6.24. The summed E-state index contributed by atoms with van der Waals surface area (Å²) in [5, 5.41) is 3.21. The zero-order valence-corrected chi connectivity index (χ0v) is 17.7. The molecule has 4 rings (SSSR count). The van der Waals surface area contributed by atoms with Gasteiger partial charge in [0.05, 0.1) is 17.7 Å². The largest absolute Gasteiger partial charge is 0.497 e. The maximum atomic E-state index is 14.4. The van der Waals surface area contributed by atoms with Crippen molar-refractivity contribution >= 4 is 28.6 Å². The number of ether oxygens (including phenoxy) is 2. The van der Waals surface area contributed by atoms with E-state index in [0.29, 0.717) is 10.7 Å². The number of benzene rings is 2. The van der Waals surface area contributed by atoms with E-state index in [1.807, 2.05) is 29.6 Å². The van der Waals surface area contributed by atoms with Gasteiger partial charge in [-0.25, -0.2) is 18.7 Å². The molecule has 0 atom stereocenters. The monoisotopic (exact) mass is 459 g/mol. The lowest BCUT2D eigenvalue weighted by Gasteiger charge is -2.08. The number of halogens is 2. The zero-order valence-electron chi connectivity index (χ0n) is 16.1. The Hall–Kier alpha value is -3.37. The second kappa shape index (κ2) is 8.78. The molecule has 2 aromatic carbocycles.